The highest BCUT2D eigenvalue weighted by Crippen LogP contribution is 2.23. The first-order chi connectivity index (χ1) is 9.56. The molecular formula is C19H25N. The fraction of sp³-hybridized carbons (Fsp3) is 0.368. The molecule has 0 saturated carbocycles. The number of hydrogen-bond acceptors (Lipinski definition) is 1. The first kappa shape index (κ1) is 14.8. The van der Waals surface area contributed by atoms with Gasteiger partial charge < -0.3 is 5.32 Å². The van der Waals surface area contributed by atoms with E-state index in [0.717, 1.165) is 6.54 Å². The second-order valence-electron chi connectivity index (χ2n) is 6.01. The van der Waals surface area contributed by atoms with E-state index in [-0.39, 0.29) is 0 Å². The first-order valence-corrected chi connectivity index (χ1v) is 7.49. The van der Waals surface area contributed by atoms with Gasteiger partial charge in [0.2, 0.25) is 0 Å². The number of rotatable bonds is 5. The van der Waals surface area contributed by atoms with Crippen LogP contribution in [0.5, 0.6) is 0 Å². The molecule has 0 heterocycles. The quantitative estimate of drug-likeness (QED) is 0.806. The SMILES string of the molecule is CC(C)NCc1ccc(-c2ccc(C(C)C)cc2)cc1. The number of nitrogens with one attached hydrogen (secondary N) is 1. The van der Waals surface area contributed by atoms with Crippen LogP contribution in [0.3, 0.4) is 0 Å². The lowest BCUT2D eigenvalue weighted by Crippen LogP contribution is -2.21. The molecule has 106 valence electrons. The van der Waals surface area contributed by atoms with Gasteiger partial charge in [0.25, 0.3) is 0 Å². The molecule has 1 heteroatoms. The minimum atomic E-state index is 0.526. The molecule has 0 bridgehead atoms. The highest BCUT2D eigenvalue weighted by Gasteiger charge is 2.01. The highest BCUT2D eigenvalue weighted by molar-refractivity contribution is 5.64. The Morgan fingerprint density at radius 2 is 1.25 bits per heavy atom. The summed E-state index contributed by atoms with van der Waals surface area (Å²) in [5.74, 6) is 0.591. The molecule has 0 fully saturated rings. The molecule has 1 N–H and O–H groups in total. The van der Waals surface area contributed by atoms with Crippen LogP contribution >= 0.6 is 0 Å². The van der Waals surface area contributed by atoms with Crippen molar-refractivity contribution in [1.82, 2.24) is 5.32 Å². The third-order valence-electron chi connectivity index (χ3n) is 3.58. The molecule has 2 aromatic rings. The second-order valence-corrected chi connectivity index (χ2v) is 6.01. The maximum absolute atomic E-state index is 3.44. The molecule has 0 amide bonds. The topological polar surface area (TPSA) is 12.0 Å². The van der Waals surface area contributed by atoms with Gasteiger partial charge in [0.1, 0.15) is 0 Å². The number of hydrogen-bond donors (Lipinski definition) is 1. The number of benzene rings is 2. The Morgan fingerprint density at radius 1 is 0.750 bits per heavy atom. The molecule has 0 aliphatic rings. The molecule has 0 unspecified atom stereocenters. The molecule has 2 rings (SSSR count). The zero-order chi connectivity index (χ0) is 14.5. The van der Waals surface area contributed by atoms with Crippen LogP contribution in [0.2, 0.25) is 0 Å². The van der Waals surface area contributed by atoms with Crippen LogP contribution < -0.4 is 5.32 Å². The standard InChI is InChI=1S/C19H25N/c1-14(2)17-9-11-19(12-10-17)18-7-5-16(6-8-18)13-20-15(3)4/h5-12,14-15,20H,13H2,1-4H3. The van der Waals surface area contributed by atoms with E-state index in [4.69, 9.17) is 0 Å². The van der Waals surface area contributed by atoms with Gasteiger partial charge >= 0.3 is 0 Å². The molecule has 1 nitrogen and oxygen atoms in total. The van der Waals surface area contributed by atoms with Crippen LogP contribution in [-0.2, 0) is 6.54 Å². The fourth-order valence-corrected chi connectivity index (χ4v) is 2.20. The van der Waals surface area contributed by atoms with E-state index >= 15 is 0 Å². The van der Waals surface area contributed by atoms with Crippen LogP contribution in [0.25, 0.3) is 11.1 Å². The lowest BCUT2D eigenvalue weighted by Gasteiger charge is -2.10. The zero-order valence-electron chi connectivity index (χ0n) is 13.0. The molecule has 0 spiro atoms. The van der Waals surface area contributed by atoms with Crippen molar-refractivity contribution < 1.29 is 0 Å². The van der Waals surface area contributed by atoms with Crippen LogP contribution in [0.1, 0.15) is 44.7 Å². The highest BCUT2D eigenvalue weighted by atomic mass is 14.9. The molecular weight excluding hydrogens is 242 g/mol. The minimum absolute atomic E-state index is 0.526. The predicted octanol–water partition coefficient (Wildman–Crippen LogP) is 4.98. The van der Waals surface area contributed by atoms with E-state index in [1.165, 1.54) is 22.3 Å². The maximum atomic E-state index is 3.44. The van der Waals surface area contributed by atoms with Gasteiger partial charge in [-0.3, -0.25) is 0 Å². The average molecular weight is 267 g/mol. The van der Waals surface area contributed by atoms with Gasteiger partial charge in [0.05, 0.1) is 0 Å². The summed E-state index contributed by atoms with van der Waals surface area (Å²) < 4.78 is 0. The lowest BCUT2D eigenvalue weighted by molar-refractivity contribution is 0.589. The Balaban J connectivity index is 2.09. The lowest BCUT2D eigenvalue weighted by atomic mass is 9.98. The summed E-state index contributed by atoms with van der Waals surface area (Å²) in [7, 11) is 0. The van der Waals surface area contributed by atoms with E-state index in [0.29, 0.717) is 12.0 Å². The summed E-state index contributed by atoms with van der Waals surface area (Å²) in [5, 5.41) is 3.44. The van der Waals surface area contributed by atoms with E-state index in [1.54, 1.807) is 0 Å². The molecule has 0 radical (unpaired) electrons. The summed E-state index contributed by atoms with van der Waals surface area (Å²) in [5.41, 5.74) is 5.30. The van der Waals surface area contributed by atoms with Crippen LogP contribution in [0.15, 0.2) is 48.5 Å². The molecule has 0 aliphatic carbocycles. The van der Waals surface area contributed by atoms with Gasteiger partial charge in [-0.1, -0.05) is 76.2 Å². The summed E-state index contributed by atoms with van der Waals surface area (Å²) in [6.07, 6.45) is 0. The molecule has 0 atom stereocenters. The molecule has 0 saturated heterocycles. The van der Waals surface area contributed by atoms with Crippen molar-refractivity contribution in [2.24, 2.45) is 0 Å². The fourth-order valence-electron chi connectivity index (χ4n) is 2.20. The van der Waals surface area contributed by atoms with Crippen LogP contribution in [-0.4, -0.2) is 6.04 Å². The summed E-state index contributed by atoms with van der Waals surface area (Å²) in [4.78, 5) is 0. The Morgan fingerprint density at radius 3 is 1.70 bits per heavy atom. The molecule has 0 aromatic heterocycles. The van der Waals surface area contributed by atoms with Crippen molar-refractivity contribution in [3.05, 3.63) is 59.7 Å². The van der Waals surface area contributed by atoms with Crippen molar-refractivity contribution in [3.63, 3.8) is 0 Å². The average Bonchev–Trinajstić information content (AvgIpc) is 2.46. The monoisotopic (exact) mass is 267 g/mol. The smallest absolute Gasteiger partial charge is 0.0207 e. The third-order valence-corrected chi connectivity index (χ3v) is 3.58. The first-order valence-electron chi connectivity index (χ1n) is 7.49. The Labute approximate surface area is 123 Å². The van der Waals surface area contributed by atoms with Crippen LogP contribution in [0, 0.1) is 0 Å². The normalized spacial score (nSPS) is 11.3. The second kappa shape index (κ2) is 6.71. The van der Waals surface area contributed by atoms with Crippen molar-refractivity contribution in [2.75, 3.05) is 0 Å². The van der Waals surface area contributed by atoms with Crippen LogP contribution in [0.4, 0.5) is 0 Å². The summed E-state index contributed by atoms with van der Waals surface area (Å²) >= 11 is 0. The van der Waals surface area contributed by atoms with Gasteiger partial charge in [-0.15, -0.1) is 0 Å². The van der Waals surface area contributed by atoms with E-state index < -0.39 is 0 Å². The van der Waals surface area contributed by atoms with Crippen molar-refractivity contribution in [1.29, 1.82) is 0 Å². The van der Waals surface area contributed by atoms with Gasteiger partial charge in [-0.05, 0) is 28.2 Å². The van der Waals surface area contributed by atoms with E-state index in [2.05, 4.69) is 81.5 Å². The van der Waals surface area contributed by atoms with Gasteiger partial charge in [-0.25, -0.2) is 0 Å². The van der Waals surface area contributed by atoms with E-state index in [1.807, 2.05) is 0 Å². The Hall–Kier alpha value is -1.60. The summed E-state index contributed by atoms with van der Waals surface area (Å²) in [6.45, 7) is 9.73. The minimum Gasteiger partial charge on any atom is -0.310 e. The predicted molar refractivity (Wildman–Crippen MR) is 87.9 cm³/mol. The zero-order valence-corrected chi connectivity index (χ0v) is 13.0. The van der Waals surface area contributed by atoms with Crippen molar-refractivity contribution in [3.8, 4) is 11.1 Å². The molecule has 0 aliphatic heterocycles. The van der Waals surface area contributed by atoms with Crippen molar-refractivity contribution >= 4 is 0 Å². The Kier molecular flexibility index (Phi) is 4.97. The van der Waals surface area contributed by atoms with Gasteiger partial charge in [0, 0.05) is 12.6 Å². The molecule has 20 heavy (non-hydrogen) atoms. The van der Waals surface area contributed by atoms with Gasteiger partial charge in [0.15, 0.2) is 0 Å². The van der Waals surface area contributed by atoms with Crippen molar-refractivity contribution in [2.45, 2.75) is 46.2 Å². The Bertz CT molecular complexity index is 521. The summed E-state index contributed by atoms with van der Waals surface area (Å²) in [6, 6.07) is 18.3. The third kappa shape index (κ3) is 3.94. The molecule has 2 aromatic carbocycles. The van der Waals surface area contributed by atoms with Gasteiger partial charge in [-0.2, -0.15) is 0 Å². The van der Waals surface area contributed by atoms with E-state index in [9.17, 15) is 0 Å². The maximum Gasteiger partial charge on any atom is 0.0207 e. The largest absolute Gasteiger partial charge is 0.310 e.